The molecule has 10 atom stereocenters. The molecule has 0 bridgehead atoms. The van der Waals surface area contributed by atoms with Crippen molar-refractivity contribution in [2.45, 2.75) is 192 Å². The first kappa shape index (κ1) is 75.0. The zero-order valence-electron chi connectivity index (χ0n) is 53.4. The highest BCUT2D eigenvalue weighted by molar-refractivity contribution is 6.00. The van der Waals surface area contributed by atoms with E-state index in [0.29, 0.717) is 29.5 Å². The number of nitrogens with two attached hydrogens (primary N) is 4. The van der Waals surface area contributed by atoms with E-state index in [9.17, 15) is 53.1 Å². The molecule has 0 aliphatic carbocycles. The molecule has 11 amide bonds. The van der Waals surface area contributed by atoms with Crippen LogP contribution in [0, 0.1) is 17.8 Å². The molecular weight excluding hydrogens is 1170 g/mol. The second-order valence-corrected chi connectivity index (χ2v) is 24.4. The molecule has 19 N–H and O–H groups in total. The largest absolute Gasteiger partial charge is 0.508 e. The summed E-state index contributed by atoms with van der Waals surface area (Å²) in [6.07, 6.45) is 0.00589. The van der Waals surface area contributed by atoms with E-state index < -0.39 is 138 Å². The van der Waals surface area contributed by atoms with Gasteiger partial charge in [-0.05, 0) is 130 Å². The van der Waals surface area contributed by atoms with Crippen molar-refractivity contribution < 1.29 is 57.8 Å². The van der Waals surface area contributed by atoms with Crippen molar-refractivity contribution in [1.82, 2.24) is 53.2 Å². The fraction of sp³-hybridized carbons (Fsp3) is 0.554. The molecule has 1 heterocycles. The summed E-state index contributed by atoms with van der Waals surface area (Å²) >= 11 is 0. The lowest BCUT2D eigenvalue weighted by Gasteiger charge is -2.30. The summed E-state index contributed by atoms with van der Waals surface area (Å²) in [6, 6.07) is 9.45. The molecule has 0 radical (unpaired) electrons. The summed E-state index contributed by atoms with van der Waals surface area (Å²) in [4.78, 5) is 159. The van der Waals surface area contributed by atoms with Gasteiger partial charge in [-0.25, -0.2) is 0 Å². The fourth-order valence-electron chi connectivity index (χ4n) is 10.3. The molecule has 3 aromatic carbocycles. The van der Waals surface area contributed by atoms with Gasteiger partial charge in [0.15, 0.2) is 0 Å². The minimum absolute atomic E-state index is 0.000723. The minimum Gasteiger partial charge on any atom is -0.508 e. The van der Waals surface area contributed by atoms with Gasteiger partial charge in [0, 0.05) is 25.7 Å². The first-order chi connectivity index (χ1) is 43.3. The van der Waals surface area contributed by atoms with Crippen molar-refractivity contribution in [2.75, 3.05) is 19.6 Å². The molecule has 1 aliphatic rings. The number of phenols is 1. The van der Waals surface area contributed by atoms with Crippen LogP contribution >= 0.6 is 0 Å². The first-order valence-electron chi connectivity index (χ1n) is 31.6. The van der Waals surface area contributed by atoms with E-state index >= 15 is 4.79 Å². The van der Waals surface area contributed by atoms with E-state index in [0.717, 1.165) is 0 Å². The molecule has 0 spiro atoms. The summed E-state index contributed by atoms with van der Waals surface area (Å²) in [5, 5.41) is 37.7. The average Bonchev–Trinajstić information content (AvgIpc) is 1.18. The van der Waals surface area contributed by atoms with Crippen LogP contribution in [-0.4, -0.2) is 150 Å². The molecule has 26 heteroatoms. The molecule has 26 nitrogen and oxygen atoms in total. The van der Waals surface area contributed by atoms with Gasteiger partial charge in [-0.2, -0.15) is 0 Å². The Kier molecular flexibility index (Phi) is 32.1. The Morgan fingerprint density at radius 3 is 1.02 bits per heavy atom. The number of unbranched alkanes of at least 4 members (excludes halogenated alkanes) is 1. The van der Waals surface area contributed by atoms with Gasteiger partial charge in [0.1, 0.15) is 66.2 Å². The summed E-state index contributed by atoms with van der Waals surface area (Å²) < 4.78 is 0. The van der Waals surface area contributed by atoms with E-state index in [1.54, 1.807) is 88.4 Å². The summed E-state index contributed by atoms with van der Waals surface area (Å²) in [5.74, 6) is -10.3. The summed E-state index contributed by atoms with van der Waals surface area (Å²) in [6.45, 7) is 10.9. The Labute approximate surface area is 533 Å². The number of nitrogens with one attached hydrogen (secondary N) is 10. The highest BCUT2D eigenvalue weighted by Gasteiger charge is 2.38. The Morgan fingerprint density at radius 2 is 0.670 bits per heavy atom. The zero-order valence-corrected chi connectivity index (χ0v) is 53.4. The number of amides is 11. The second kappa shape index (κ2) is 38.9. The second-order valence-electron chi connectivity index (χ2n) is 24.4. The zero-order chi connectivity index (χ0) is 67.2. The maximum Gasteiger partial charge on any atom is 0.243 e. The lowest BCUT2D eigenvalue weighted by atomic mass is 9.98. The molecule has 1 fully saturated rings. The molecule has 91 heavy (non-hydrogen) atoms. The summed E-state index contributed by atoms with van der Waals surface area (Å²) in [7, 11) is 0. The number of carbonyl (C=O) groups is 11. The predicted octanol–water partition coefficient (Wildman–Crippen LogP) is -0.0978. The van der Waals surface area contributed by atoms with Crippen molar-refractivity contribution in [3.63, 3.8) is 0 Å². The van der Waals surface area contributed by atoms with Gasteiger partial charge in [-0.3, -0.25) is 52.7 Å². The molecule has 4 rings (SSSR count). The van der Waals surface area contributed by atoms with Gasteiger partial charge in [-0.1, -0.05) is 114 Å². The van der Waals surface area contributed by atoms with Crippen LogP contribution in [0.4, 0.5) is 0 Å². The van der Waals surface area contributed by atoms with Crippen molar-refractivity contribution in [3.8, 4) is 5.75 Å². The molecule has 500 valence electrons. The van der Waals surface area contributed by atoms with Crippen LogP contribution in [0.3, 0.4) is 0 Å². The van der Waals surface area contributed by atoms with Crippen LogP contribution in [0.2, 0.25) is 0 Å². The molecule has 0 saturated carbocycles. The third-order valence-corrected chi connectivity index (χ3v) is 15.3. The highest BCUT2D eigenvalue weighted by atomic mass is 16.3. The topological polar surface area (TPSA) is 432 Å². The van der Waals surface area contributed by atoms with Gasteiger partial charge in [-0.15, -0.1) is 0 Å². The molecule has 0 aromatic heterocycles. The van der Waals surface area contributed by atoms with E-state index in [4.69, 9.17) is 22.9 Å². The Balaban J connectivity index is 1.94. The monoisotopic (exact) mass is 1270 g/mol. The maximum absolute atomic E-state index is 15.0. The number of benzene rings is 3. The number of primary amides is 1. The van der Waals surface area contributed by atoms with Crippen molar-refractivity contribution in [2.24, 2.45) is 40.7 Å². The van der Waals surface area contributed by atoms with Crippen LogP contribution < -0.4 is 76.1 Å². The highest BCUT2D eigenvalue weighted by Crippen LogP contribution is 2.17. The van der Waals surface area contributed by atoms with Gasteiger partial charge in [0.05, 0.1) is 0 Å². The van der Waals surface area contributed by atoms with E-state index in [-0.39, 0.29) is 108 Å². The van der Waals surface area contributed by atoms with Crippen LogP contribution in [0.25, 0.3) is 0 Å². The van der Waals surface area contributed by atoms with Crippen LogP contribution in [0.15, 0.2) is 84.9 Å². The SMILES string of the molecule is CC(C)C[C@@H]1NC(=O)[C@H](CCCN)NC(=O)[C@H](C(C)C)NC(=O)[C@@H](CCCCN)NC(=O)[C@@H](CCC(N)=O)NC(=O)[C@H](CC(C)C)NC(=O)[C@H](CCCN)NC(=O)[C@H](Cc2ccc(O)cc2)NC(=O)[C@H](Cc2ccccc2)NC(=O)[C@@H](Cc2ccccc2)NC1=O. The number of carbonyl (C=O) groups excluding carboxylic acids is 11. The fourth-order valence-corrected chi connectivity index (χ4v) is 10.3. The van der Waals surface area contributed by atoms with E-state index in [1.165, 1.54) is 24.3 Å². The van der Waals surface area contributed by atoms with Gasteiger partial charge in [0.25, 0.3) is 0 Å². The molecule has 0 unspecified atom stereocenters. The molecule has 1 saturated heterocycles. The van der Waals surface area contributed by atoms with Crippen LogP contribution in [-0.2, 0) is 72.0 Å². The van der Waals surface area contributed by atoms with Gasteiger partial charge in [0.2, 0.25) is 65.0 Å². The first-order valence-corrected chi connectivity index (χ1v) is 31.6. The number of hydrogen-bond donors (Lipinski definition) is 15. The average molecular weight is 1270 g/mol. The van der Waals surface area contributed by atoms with Crippen molar-refractivity contribution in [1.29, 1.82) is 0 Å². The maximum atomic E-state index is 15.0. The van der Waals surface area contributed by atoms with Crippen molar-refractivity contribution in [3.05, 3.63) is 102 Å². The Morgan fingerprint density at radius 1 is 0.374 bits per heavy atom. The minimum atomic E-state index is -1.52. The molecular formula is C65H98N14O12. The number of phenolic OH excluding ortho intramolecular Hbond substituents is 1. The smallest absolute Gasteiger partial charge is 0.243 e. The lowest BCUT2D eigenvalue weighted by molar-refractivity contribution is -0.137. The molecule has 3 aromatic rings. The van der Waals surface area contributed by atoms with Crippen molar-refractivity contribution >= 4 is 65.0 Å². The van der Waals surface area contributed by atoms with E-state index in [2.05, 4.69) is 53.2 Å². The normalized spacial score (nSPS) is 23.5. The lowest BCUT2D eigenvalue weighted by Crippen LogP contribution is -2.62. The standard InChI is InChI=1S/C65H98N14O12/c1-38(2)33-49-60(86)72-48(28-29-54(69)81)58(84)70-45(21-13-14-30-66)59(85)79-55(40(5)6)65(91)73-47(23-16-32-68)57(83)75-50(34-39(3)4)61(87)76-51(35-41-17-9-7-10-18-41)63(89)77-52(36-42-19-11-8-12-20-42)64(90)78-53(37-43-24-26-44(80)27-25-43)62(88)71-46(22-15-31-67)56(82)74-49/h7-12,17-20,24-27,38-40,45-53,55,80H,13-16,21-23,28-37,66-68H2,1-6H3,(H2,69,81)(H,70,84)(H,71,88)(H,72,86)(H,73,91)(H,74,82)(H,75,83)(H,76,87)(H,77,89)(H,78,90)(H,79,85)/t45-,46+,47+,48-,49+,50+,51-,52+,53+,55+/m1/s1. The molecule has 1 aliphatic heterocycles. The van der Waals surface area contributed by atoms with Gasteiger partial charge >= 0.3 is 0 Å². The van der Waals surface area contributed by atoms with Gasteiger partial charge < -0.3 is 81.2 Å². The summed E-state index contributed by atoms with van der Waals surface area (Å²) in [5.41, 5.74) is 24.9. The third kappa shape index (κ3) is 26.5. The van der Waals surface area contributed by atoms with Crippen LogP contribution in [0.5, 0.6) is 5.75 Å². The quantitative estimate of drug-likeness (QED) is 0.0521. The number of aromatic hydroxyl groups is 1. The number of rotatable bonds is 24. The Hall–Kier alpha value is -8.49. The van der Waals surface area contributed by atoms with Crippen LogP contribution in [0.1, 0.15) is 129 Å². The Bertz CT molecular complexity index is 2860. The predicted molar refractivity (Wildman–Crippen MR) is 343 cm³/mol. The number of hydrogen-bond acceptors (Lipinski definition) is 15. The van der Waals surface area contributed by atoms with E-state index in [1.807, 2.05) is 13.8 Å². The third-order valence-electron chi connectivity index (χ3n) is 15.3.